The van der Waals surface area contributed by atoms with Crippen LogP contribution in [0.25, 0.3) is 0 Å². The highest BCUT2D eigenvalue weighted by atomic mass is 16.3. The van der Waals surface area contributed by atoms with Gasteiger partial charge >= 0.3 is 0 Å². The van der Waals surface area contributed by atoms with Gasteiger partial charge in [0, 0.05) is 6.04 Å². The van der Waals surface area contributed by atoms with Gasteiger partial charge in [-0.1, -0.05) is 20.8 Å². The molecule has 0 amide bonds. The van der Waals surface area contributed by atoms with Gasteiger partial charge in [0.05, 0.1) is 6.10 Å². The first-order valence-corrected chi connectivity index (χ1v) is 6.47. The Bertz CT molecular complexity index is 136. The van der Waals surface area contributed by atoms with Crippen LogP contribution in [0.1, 0.15) is 59.8 Å². The van der Waals surface area contributed by atoms with Crippen molar-refractivity contribution in [2.45, 2.75) is 71.9 Å². The molecule has 0 aromatic carbocycles. The maximum Gasteiger partial charge on any atom is 0.0538 e. The van der Waals surface area contributed by atoms with Gasteiger partial charge in [0.15, 0.2) is 0 Å². The van der Waals surface area contributed by atoms with E-state index in [4.69, 9.17) is 0 Å². The Morgan fingerprint density at radius 2 is 1.73 bits per heavy atom. The van der Waals surface area contributed by atoms with Crippen LogP contribution >= 0.6 is 0 Å². The molecular formula is C13H29NO. The molecule has 2 nitrogen and oxygen atoms in total. The summed E-state index contributed by atoms with van der Waals surface area (Å²) in [4.78, 5) is 0. The second-order valence-electron chi connectivity index (χ2n) is 5.03. The topological polar surface area (TPSA) is 32.3 Å². The Hall–Kier alpha value is -0.0800. The largest absolute Gasteiger partial charge is 0.393 e. The van der Waals surface area contributed by atoms with Gasteiger partial charge in [-0.3, -0.25) is 0 Å². The molecule has 2 unspecified atom stereocenters. The summed E-state index contributed by atoms with van der Waals surface area (Å²) in [6, 6.07) is 0.617. The van der Waals surface area contributed by atoms with Gasteiger partial charge in [-0.05, 0) is 51.5 Å². The molecule has 0 aromatic heterocycles. The van der Waals surface area contributed by atoms with E-state index >= 15 is 0 Å². The fraction of sp³-hybridized carbons (Fsp3) is 1.00. The molecule has 2 heteroatoms. The van der Waals surface area contributed by atoms with Crippen molar-refractivity contribution < 1.29 is 5.11 Å². The van der Waals surface area contributed by atoms with Crippen molar-refractivity contribution in [1.29, 1.82) is 0 Å². The van der Waals surface area contributed by atoms with Gasteiger partial charge < -0.3 is 10.4 Å². The molecule has 0 aliphatic rings. The van der Waals surface area contributed by atoms with Gasteiger partial charge in [-0.2, -0.15) is 0 Å². The van der Waals surface area contributed by atoms with Crippen molar-refractivity contribution in [3.63, 3.8) is 0 Å². The third-order valence-corrected chi connectivity index (χ3v) is 2.86. The zero-order valence-corrected chi connectivity index (χ0v) is 10.9. The van der Waals surface area contributed by atoms with E-state index in [0.717, 1.165) is 31.7 Å². The molecule has 0 spiro atoms. The first-order chi connectivity index (χ1) is 7.06. The molecule has 2 N–H and O–H groups in total. The minimum absolute atomic E-state index is 0.0993. The summed E-state index contributed by atoms with van der Waals surface area (Å²) < 4.78 is 0. The van der Waals surface area contributed by atoms with E-state index in [0.29, 0.717) is 6.04 Å². The van der Waals surface area contributed by atoms with Crippen LogP contribution in [0.5, 0.6) is 0 Å². The maximum atomic E-state index is 9.37. The van der Waals surface area contributed by atoms with Crippen LogP contribution in [0, 0.1) is 5.92 Å². The maximum absolute atomic E-state index is 9.37. The monoisotopic (exact) mass is 215 g/mol. The Labute approximate surface area is 95.5 Å². The van der Waals surface area contributed by atoms with E-state index in [1.807, 2.05) is 6.92 Å². The van der Waals surface area contributed by atoms with Gasteiger partial charge in [-0.15, -0.1) is 0 Å². The van der Waals surface area contributed by atoms with Crippen LogP contribution < -0.4 is 5.32 Å². The molecule has 2 atom stereocenters. The fourth-order valence-electron chi connectivity index (χ4n) is 1.58. The van der Waals surface area contributed by atoms with Crippen molar-refractivity contribution >= 4 is 0 Å². The van der Waals surface area contributed by atoms with Gasteiger partial charge in [-0.25, -0.2) is 0 Å². The molecule has 0 saturated heterocycles. The summed E-state index contributed by atoms with van der Waals surface area (Å²) in [5.41, 5.74) is 0. The number of aliphatic hydroxyl groups excluding tert-OH is 1. The van der Waals surface area contributed by atoms with Crippen LogP contribution in [0.3, 0.4) is 0 Å². The quantitative estimate of drug-likeness (QED) is 0.580. The highest BCUT2D eigenvalue weighted by Crippen LogP contribution is 2.06. The lowest BCUT2D eigenvalue weighted by Crippen LogP contribution is -2.27. The highest BCUT2D eigenvalue weighted by molar-refractivity contribution is 4.63. The number of aliphatic hydroxyl groups is 1. The van der Waals surface area contributed by atoms with E-state index in [-0.39, 0.29) is 6.10 Å². The first kappa shape index (κ1) is 14.9. The third kappa shape index (κ3) is 10.2. The molecule has 0 aliphatic heterocycles. The van der Waals surface area contributed by atoms with E-state index in [2.05, 4.69) is 26.1 Å². The van der Waals surface area contributed by atoms with Crippen molar-refractivity contribution in [2.24, 2.45) is 5.92 Å². The van der Waals surface area contributed by atoms with Gasteiger partial charge in [0.1, 0.15) is 0 Å². The van der Waals surface area contributed by atoms with Crippen LogP contribution in [0.2, 0.25) is 0 Å². The second kappa shape index (κ2) is 9.17. The van der Waals surface area contributed by atoms with Crippen LogP contribution in [-0.2, 0) is 0 Å². The first-order valence-electron chi connectivity index (χ1n) is 6.47. The molecule has 0 rings (SSSR count). The molecule has 0 saturated carbocycles. The molecule has 0 aliphatic carbocycles. The smallest absolute Gasteiger partial charge is 0.0538 e. The number of hydrogen-bond donors (Lipinski definition) is 2. The standard InChI is InChI=1S/C13H29NO/c1-5-13(15)7-6-10-14-12(4)9-8-11(2)3/h11-15H,5-10H2,1-4H3. The molecule has 0 heterocycles. The Kier molecular flexibility index (Phi) is 9.12. The zero-order valence-electron chi connectivity index (χ0n) is 10.9. The summed E-state index contributed by atoms with van der Waals surface area (Å²) in [6.07, 6.45) is 5.35. The van der Waals surface area contributed by atoms with Crippen LogP contribution in [-0.4, -0.2) is 23.8 Å². The average Bonchev–Trinajstić information content (AvgIpc) is 2.21. The Morgan fingerprint density at radius 3 is 2.27 bits per heavy atom. The SMILES string of the molecule is CCC(O)CCCNC(C)CCC(C)C. The molecular weight excluding hydrogens is 186 g/mol. The lowest BCUT2D eigenvalue weighted by molar-refractivity contribution is 0.157. The minimum atomic E-state index is -0.0993. The number of rotatable bonds is 9. The van der Waals surface area contributed by atoms with Gasteiger partial charge in [0.25, 0.3) is 0 Å². The predicted octanol–water partition coefficient (Wildman–Crippen LogP) is 2.95. The van der Waals surface area contributed by atoms with Crippen molar-refractivity contribution in [3.05, 3.63) is 0 Å². The predicted molar refractivity (Wildman–Crippen MR) is 67.1 cm³/mol. The molecule has 15 heavy (non-hydrogen) atoms. The fourth-order valence-corrected chi connectivity index (χ4v) is 1.58. The number of nitrogens with one attached hydrogen (secondary N) is 1. The summed E-state index contributed by atoms with van der Waals surface area (Å²) >= 11 is 0. The van der Waals surface area contributed by atoms with E-state index < -0.39 is 0 Å². The highest BCUT2D eigenvalue weighted by Gasteiger charge is 2.04. The second-order valence-corrected chi connectivity index (χ2v) is 5.03. The Balaban J connectivity index is 3.27. The number of hydrogen-bond acceptors (Lipinski definition) is 2. The van der Waals surface area contributed by atoms with E-state index in [1.54, 1.807) is 0 Å². The molecule has 0 aromatic rings. The summed E-state index contributed by atoms with van der Waals surface area (Å²) in [7, 11) is 0. The molecule has 0 radical (unpaired) electrons. The van der Waals surface area contributed by atoms with E-state index in [1.165, 1.54) is 12.8 Å². The van der Waals surface area contributed by atoms with Crippen molar-refractivity contribution in [2.75, 3.05) is 6.54 Å². The van der Waals surface area contributed by atoms with Gasteiger partial charge in [0.2, 0.25) is 0 Å². The molecule has 92 valence electrons. The summed E-state index contributed by atoms with van der Waals surface area (Å²) in [6.45, 7) is 9.85. The van der Waals surface area contributed by atoms with Crippen LogP contribution in [0.4, 0.5) is 0 Å². The summed E-state index contributed by atoms with van der Waals surface area (Å²) in [5.74, 6) is 0.802. The van der Waals surface area contributed by atoms with Crippen LogP contribution in [0.15, 0.2) is 0 Å². The van der Waals surface area contributed by atoms with Crippen molar-refractivity contribution in [1.82, 2.24) is 5.32 Å². The lowest BCUT2D eigenvalue weighted by atomic mass is 10.0. The summed E-state index contributed by atoms with van der Waals surface area (Å²) in [5, 5.41) is 12.9. The molecule has 0 bridgehead atoms. The third-order valence-electron chi connectivity index (χ3n) is 2.86. The Morgan fingerprint density at radius 1 is 1.07 bits per heavy atom. The zero-order chi connectivity index (χ0) is 11.7. The average molecular weight is 215 g/mol. The van der Waals surface area contributed by atoms with Crippen molar-refractivity contribution in [3.8, 4) is 0 Å². The minimum Gasteiger partial charge on any atom is -0.393 e. The van der Waals surface area contributed by atoms with E-state index in [9.17, 15) is 5.11 Å². The normalized spacial score (nSPS) is 15.6. The molecule has 0 fully saturated rings. The lowest BCUT2D eigenvalue weighted by Gasteiger charge is -2.15.